The van der Waals surface area contributed by atoms with Crippen molar-refractivity contribution in [1.82, 2.24) is 19.9 Å². The van der Waals surface area contributed by atoms with E-state index < -0.39 is 0 Å². The van der Waals surface area contributed by atoms with Crippen LogP contribution in [0.1, 0.15) is 0 Å². The van der Waals surface area contributed by atoms with Gasteiger partial charge in [0, 0.05) is 40.0 Å². The van der Waals surface area contributed by atoms with Crippen molar-refractivity contribution in [3.05, 3.63) is 158 Å². The molecule has 0 bridgehead atoms. The third-order valence-corrected chi connectivity index (χ3v) is 7.97. The molecule has 5 aromatic carbocycles. The molecule has 0 aliphatic carbocycles. The number of hydrogen-bond acceptors (Lipinski definition) is 4. The maximum absolute atomic E-state index is 5.15. The van der Waals surface area contributed by atoms with Crippen LogP contribution in [0.25, 0.3) is 78.0 Å². The van der Waals surface area contributed by atoms with Gasteiger partial charge in [-0.2, -0.15) is 0 Å². The minimum Gasteiger partial charge on any atom is -0.264 e. The lowest BCUT2D eigenvalue weighted by molar-refractivity contribution is 1.18. The summed E-state index contributed by atoms with van der Waals surface area (Å²) in [5.41, 5.74) is 9.91. The van der Waals surface area contributed by atoms with Crippen molar-refractivity contribution < 1.29 is 0 Å². The van der Waals surface area contributed by atoms with Gasteiger partial charge in [-0.25, -0.2) is 15.0 Å². The van der Waals surface area contributed by atoms with Crippen LogP contribution in [0.15, 0.2) is 158 Å². The predicted octanol–water partition coefficient (Wildman–Crippen LogP) is 9.91. The molecule has 0 atom stereocenters. The smallest absolute Gasteiger partial charge is 0.160 e. The molecule has 8 aromatic rings. The van der Waals surface area contributed by atoms with Gasteiger partial charge in [0.1, 0.15) is 0 Å². The fourth-order valence-electron chi connectivity index (χ4n) is 5.79. The molecule has 0 fully saturated rings. The quantitative estimate of drug-likeness (QED) is 0.196. The van der Waals surface area contributed by atoms with E-state index in [1.54, 1.807) is 6.20 Å². The number of hydrogen-bond donors (Lipinski definition) is 0. The maximum Gasteiger partial charge on any atom is 0.160 e. The van der Waals surface area contributed by atoms with Gasteiger partial charge in [0.25, 0.3) is 0 Å². The SMILES string of the molecule is c1ccc(-c2cc(-c3cccnc3)nc(-c3ccc(-c4cc(-c5ccccc5)c5c(ccc6ccccc65)n4)cc3)n2)cc1. The van der Waals surface area contributed by atoms with E-state index in [0.717, 1.165) is 44.9 Å². The summed E-state index contributed by atoms with van der Waals surface area (Å²) in [5, 5.41) is 3.58. The lowest BCUT2D eigenvalue weighted by atomic mass is 9.94. The number of rotatable bonds is 5. The Morgan fingerprint density at radius 3 is 1.77 bits per heavy atom. The van der Waals surface area contributed by atoms with E-state index in [4.69, 9.17) is 15.0 Å². The molecule has 0 unspecified atom stereocenters. The average Bonchev–Trinajstić information content (AvgIpc) is 3.12. The van der Waals surface area contributed by atoms with E-state index in [0.29, 0.717) is 5.82 Å². The molecule has 0 aliphatic heterocycles. The Morgan fingerprint density at radius 1 is 0.409 bits per heavy atom. The standard InChI is InChI=1S/C40H26N4/c1-3-10-27(11-4-1)34-24-36(42-35-22-21-28-12-7-8-16-33(28)39(34)35)30-17-19-31(20-18-30)40-43-37(29-13-5-2-6-14-29)25-38(44-40)32-15-9-23-41-26-32/h1-26H. The molecule has 4 heteroatoms. The minimum absolute atomic E-state index is 0.666. The van der Waals surface area contributed by atoms with Crippen molar-refractivity contribution >= 4 is 21.7 Å². The molecule has 0 radical (unpaired) electrons. The lowest BCUT2D eigenvalue weighted by Gasteiger charge is -2.13. The normalized spacial score (nSPS) is 11.2. The fraction of sp³-hybridized carbons (Fsp3) is 0. The van der Waals surface area contributed by atoms with E-state index in [1.807, 2.05) is 42.6 Å². The van der Waals surface area contributed by atoms with Crippen LogP contribution in [0.4, 0.5) is 0 Å². The molecule has 0 N–H and O–H groups in total. The lowest BCUT2D eigenvalue weighted by Crippen LogP contribution is -1.96. The van der Waals surface area contributed by atoms with Crippen molar-refractivity contribution in [2.75, 3.05) is 0 Å². The van der Waals surface area contributed by atoms with E-state index in [1.165, 1.54) is 27.3 Å². The first kappa shape index (κ1) is 25.7. The summed E-state index contributed by atoms with van der Waals surface area (Å²) in [4.78, 5) is 19.4. The van der Waals surface area contributed by atoms with Gasteiger partial charge in [0.15, 0.2) is 5.82 Å². The van der Waals surface area contributed by atoms with E-state index in [9.17, 15) is 0 Å². The summed E-state index contributed by atoms with van der Waals surface area (Å²) in [7, 11) is 0. The number of nitrogens with zero attached hydrogens (tertiary/aromatic N) is 4. The number of fused-ring (bicyclic) bond motifs is 3. The number of benzene rings is 5. The van der Waals surface area contributed by atoms with Crippen molar-refractivity contribution in [2.24, 2.45) is 0 Å². The van der Waals surface area contributed by atoms with Crippen LogP contribution >= 0.6 is 0 Å². The van der Waals surface area contributed by atoms with E-state index in [-0.39, 0.29) is 0 Å². The summed E-state index contributed by atoms with van der Waals surface area (Å²) >= 11 is 0. The molecule has 44 heavy (non-hydrogen) atoms. The molecule has 3 heterocycles. The summed E-state index contributed by atoms with van der Waals surface area (Å²) < 4.78 is 0. The summed E-state index contributed by atoms with van der Waals surface area (Å²) in [6, 6.07) is 50.2. The maximum atomic E-state index is 5.15. The number of pyridine rings is 2. The second-order valence-electron chi connectivity index (χ2n) is 10.7. The molecule has 206 valence electrons. The van der Waals surface area contributed by atoms with Gasteiger partial charge in [-0.05, 0) is 52.2 Å². The summed E-state index contributed by atoms with van der Waals surface area (Å²) in [5.74, 6) is 0.666. The van der Waals surface area contributed by atoms with Gasteiger partial charge >= 0.3 is 0 Å². The molecule has 0 spiro atoms. The van der Waals surface area contributed by atoms with Crippen LogP contribution in [0, 0.1) is 0 Å². The Morgan fingerprint density at radius 2 is 1.02 bits per heavy atom. The van der Waals surface area contributed by atoms with Gasteiger partial charge in [-0.3, -0.25) is 4.98 Å². The minimum atomic E-state index is 0.666. The van der Waals surface area contributed by atoms with Gasteiger partial charge < -0.3 is 0 Å². The van der Waals surface area contributed by atoms with E-state index in [2.05, 4.69) is 114 Å². The third kappa shape index (κ3) is 4.79. The number of aromatic nitrogens is 4. The fourth-order valence-corrected chi connectivity index (χ4v) is 5.79. The highest BCUT2D eigenvalue weighted by Gasteiger charge is 2.14. The summed E-state index contributed by atoms with van der Waals surface area (Å²) in [6.45, 7) is 0. The average molecular weight is 563 g/mol. The largest absolute Gasteiger partial charge is 0.264 e. The Hall–Kier alpha value is -6.00. The van der Waals surface area contributed by atoms with Crippen LogP contribution in [0.5, 0.6) is 0 Å². The topological polar surface area (TPSA) is 51.6 Å². The zero-order chi connectivity index (χ0) is 29.3. The van der Waals surface area contributed by atoms with Gasteiger partial charge in [-0.15, -0.1) is 0 Å². The molecule has 8 rings (SSSR count). The van der Waals surface area contributed by atoms with E-state index >= 15 is 0 Å². The third-order valence-electron chi connectivity index (χ3n) is 7.97. The van der Waals surface area contributed by atoms with Gasteiger partial charge in [0.2, 0.25) is 0 Å². The van der Waals surface area contributed by atoms with Crippen molar-refractivity contribution in [3.8, 4) is 56.3 Å². The molecule has 0 saturated carbocycles. The van der Waals surface area contributed by atoms with Crippen LogP contribution in [0.2, 0.25) is 0 Å². The van der Waals surface area contributed by atoms with Crippen LogP contribution in [-0.4, -0.2) is 19.9 Å². The van der Waals surface area contributed by atoms with Crippen LogP contribution in [-0.2, 0) is 0 Å². The van der Waals surface area contributed by atoms with Crippen molar-refractivity contribution in [3.63, 3.8) is 0 Å². The molecule has 0 amide bonds. The Labute approximate surface area is 255 Å². The monoisotopic (exact) mass is 562 g/mol. The van der Waals surface area contributed by atoms with Crippen molar-refractivity contribution in [1.29, 1.82) is 0 Å². The molecular formula is C40H26N4. The molecule has 3 aromatic heterocycles. The predicted molar refractivity (Wildman–Crippen MR) is 180 cm³/mol. The first-order chi connectivity index (χ1) is 21.8. The Kier molecular flexibility index (Phi) is 6.43. The Balaban J connectivity index is 1.25. The zero-order valence-corrected chi connectivity index (χ0v) is 23.8. The second kappa shape index (κ2) is 11.0. The second-order valence-corrected chi connectivity index (χ2v) is 10.7. The summed E-state index contributed by atoms with van der Waals surface area (Å²) in [6.07, 6.45) is 3.61. The highest BCUT2D eigenvalue weighted by Crippen LogP contribution is 2.37. The zero-order valence-electron chi connectivity index (χ0n) is 23.8. The first-order valence-electron chi connectivity index (χ1n) is 14.6. The highest BCUT2D eigenvalue weighted by molar-refractivity contribution is 6.13. The van der Waals surface area contributed by atoms with Gasteiger partial charge in [-0.1, -0.05) is 115 Å². The van der Waals surface area contributed by atoms with Crippen LogP contribution in [0.3, 0.4) is 0 Å². The Bertz CT molecular complexity index is 2190. The molecular weight excluding hydrogens is 536 g/mol. The van der Waals surface area contributed by atoms with Gasteiger partial charge in [0.05, 0.1) is 22.6 Å². The molecule has 0 aliphatic rings. The van der Waals surface area contributed by atoms with Crippen LogP contribution < -0.4 is 0 Å². The highest BCUT2D eigenvalue weighted by atomic mass is 14.9. The molecule has 0 saturated heterocycles. The molecule has 4 nitrogen and oxygen atoms in total. The van der Waals surface area contributed by atoms with Crippen molar-refractivity contribution in [2.45, 2.75) is 0 Å². The first-order valence-corrected chi connectivity index (χ1v) is 14.6.